The molecule has 0 saturated carbocycles. The number of sulfone groups is 1. The summed E-state index contributed by atoms with van der Waals surface area (Å²) in [5.74, 6) is 1.07. The third-order valence-electron chi connectivity index (χ3n) is 3.33. The molecule has 0 radical (unpaired) electrons. The largest absolute Gasteiger partial charge is 0.366 e. The summed E-state index contributed by atoms with van der Waals surface area (Å²) in [7, 11) is -1.28. The lowest BCUT2D eigenvalue weighted by Crippen LogP contribution is -2.15. The van der Waals surface area contributed by atoms with Gasteiger partial charge in [-0.05, 0) is 6.07 Å². The van der Waals surface area contributed by atoms with Crippen molar-refractivity contribution in [2.24, 2.45) is 0 Å². The molecule has 2 N–H and O–H groups in total. The molecule has 0 bridgehead atoms. The number of fused-ring (bicyclic) bond motifs is 1. The van der Waals surface area contributed by atoms with E-state index >= 15 is 0 Å². The van der Waals surface area contributed by atoms with Gasteiger partial charge in [-0.3, -0.25) is 4.40 Å². The van der Waals surface area contributed by atoms with Crippen LogP contribution in [0.3, 0.4) is 0 Å². The van der Waals surface area contributed by atoms with E-state index in [1.165, 1.54) is 6.26 Å². The maximum absolute atomic E-state index is 11.2. The summed E-state index contributed by atoms with van der Waals surface area (Å²) in [6.07, 6.45) is 7.97. The highest BCUT2D eigenvalue weighted by Crippen LogP contribution is 2.22. The lowest BCUT2D eigenvalue weighted by atomic mass is 10.3. The molecule has 9 nitrogen and oxygen atoms in total. The summed E-state index contributed by atoms with van der Waals surface area (Å²) in [6, 6.07) is 1.79. The second kappa shape index (κ2) is 6.40. The van der Waals surface area contributed by atoms with Gasteiger partial charge in [0, 0.05) is 38.4 Å². The lowest BCUT2D eigenvalue weighted by molar-refractivity contribution is 0.602. The molecule has 0 aliphatic rings. The highest BCUT2D eigenvalue weighted by Gasteiger charge is 2.12. The molecular weight excluding hydrogens is 330 g/mol. The van der Waals surface area contributed by atoms with Gasteiger partial charge in [-0.1, -0.05) is 0 Å². The second-order valence-corrected chi connectivity index (χ2v) is 7.44. The molecule has 0 fully saturated rings. The first-order valence-corrected chi connectivity index (χ1v) is 9.29. The average Bonchev–Trinajstić information content (AvgIpc) is 2.99. The normalized spacial score (nSPS) is 11.6. The van der Waals surface area contributed by atoms with Gasteiger partial charge in [0.05, 0.1) is 23.3 Å². The number of anilines is 2. The lowest BCUT2D eigenvalue weighted by Gasteiger charge is -2.07. The Bertz CT molecular complexity index is 968. The molecule has 3 aromatic rings. The number of hydrogen-bond donors (Lipinski definition) is 2. The molecule has 10 heteroatoms. The molecule has 0 unspecified atom stereocenters. The van der Waals surface area contributed by atoms with E-state index in [0.717, 1.165) is 11.4 Å². The molecule has 0 aromatic carbocycles. The molecular formula is C14H17N7O2S. The van der Waals surface area contributed by atoms with E-state index in [9.17, 15) is 8.42 Å². The Morgan fingerprint density at radius 2 is 2.04 bits per heavy atom. The number of nitrogens with zero attached hydrogens (tertiary/aromatic N) is 5. The molecule has 0 saturated heterocycles. The monoisotopic (exact) mass is 347 g/mol. The first kappa shape index (κ1) is 16.1. The van der Waals surface area contributed by atoms with Crippen LogP contribution >= 0.6 is 0 Å². The predicted molar refractivity (Wildman–Crippen MR) is 91.8 cm³/mol. The number of imidazole rings is 1. The van der Waals surface area contributed by atoms with Crippen LogP contribution < -0.4 is 10.6 Å². The number of hydrogen-bond acceptors (Lipinski definition) is 8. The van der Waals surface area contributed by atoms with Gasteiger partial charge in [-0.25, -0.2) is 28.4 Å². The van der Waals surface area contributed by atoms with Crippen molar-refractivity contribution in [3.8, 4) is 11.4 Å². The van der Waals surface area contributed by atoms with Crippen molar-refractivity contribution in [2.45, 2.75) is 0 Å². The Kier molecular flexibility index (Phi) is 4.30. The minimum absolute atomic E-state index is 0.0285. The summed E-state index contributed by atoms with van der Waals surface area (Å²) in [5.41, 5.74) is 2.11. The first-order valence-electron chi connectivity index (χ1n) is 7.23. The third kappa shape index (κ3) is 3.43. The van der Waals surface area contributed by atoms with E-state index in [1.54, 1.807) is 37.9 Å². The molecule has 0 spiro atoms. The second-order valence-electron chi connectivity index (χ2n) is 5.19. The van der Waals surface area contributed by atoms with E-state index in [1.807, 2.05) is 4.40 Å². The Balaban J connectivity index is 1.94. The number of aromatic nitrogens is 5. The van der Waals surface area contributed by atoms with Crippen LogP contribution in [-0.4, -0.2) is 58.4 Å². The highest BCUT2D eigenvalue weighted by atomic mass is 32.2. The van der Waals surface area contributed by atoms with Crippen LogP contribution in [0.15, 0.2) is 30.9 Å². The number of rotatable bonds is 6. The highest BCUT2D eigenvalue weighted by molar-refractivity contribution is 7.90. The molecule has 0 aliphatic heterocycles. The van der Waals surface area contributed by atoms with E-state index in [2.05, 4.69) is 30.6 Å². The zero-order chi connectivity index (χ0) is 17.2. The Morgan fingerprint density at radius 3 is 2.79 bits per heavy atom. The van der Waals surface area contributed by atoms with Crippen LogP contribution in [0.4, 0.5) is 11.8 Å². The fourth-order valence-corrected chi connectivity index (χ4v) is 2.68. The zero-order valence-electron chi connectivity index (χ0n) is 13.3. The molecule has 0 amide bonds. The Morgan fingerprint density at radius 1 is 1.21 bits per heavy atom. The van der Waals surface area contributed by atoms with E-state index in [4.69, 9.17) is 0 Å². The van der Waals surface area contributed by atoms with Gasteiger partial charge in [-0.2, -0.15) is 0 Å². The smallest absolute Gasteiger partial charge is 0.222 e. The molecule has 3 aromatic heterocycles. The first-order chi connectivity index (χ1) is 11.5. The summed E-state index contributed by atoms with van der Waals surface area (Å²) in [4.78, 5) is 17.1. The van der Waals surface area contributed by atoms with Gasteiger partial charge in [0.15, 0.2) is 11.5 Å². The van der Waals surface area contributed by atoms with Crippen molar-refractivity contribution in [1.29, 1.82) is 0 Å². The topological polar surface area (TPSA) is 114 Å². The van der Waals surface area contributed by atoms with Gasteiger partial charge in [0.2, 0.25) is 5.95 Å². The molecule has 24 heavy (non-hydrogen) atoms. The van der Waals surface area contributed by atoms with Crippen molar-refractivity contribution >= 4 is 27.3 Å². The van der Waals surface area contributed by atoms with Crippen LogP contribution in [-0.2, 0) is 9.84 Å². The maximum atomic E-state index is 11.2. The van der Waals surface area contributed by atoms with Crippen LogP contribution in [0.5, 0.6) is 0 Å². The summed E-state index contributed by atoms with van der Waals surface area (Å²) in [6.45, 7) is 0.269. The van der Waals surface area contributed by atoms with E-state index < -0.39 is 9.84 Å². The zero-order valence-corrected chi connectivity index (χ0v) is 14.1. The van der Waals surface area contributed by atoms with Gasteiger partial charge < -0.3 is 10.6 Å². The van der Waals surface area contributed by atoms with Crippen LogP contribution in [0.25, 0.3) is 17.0 Å². The SMILES string of the molecule is CNc1nccc(-c2cnc3c(NCCS(C)(=O)=O)nccn23)n1. The minimum atomic E-state index is -3.03. The molecule has 0 atom stereocenters. The third-order valence-corrected chi connectivity index (χ3v) is 4.28. The van der Waals surface area contributed by atoms with Gasteiger partial charge in [0.1, 0.15) is 9.84 Å². The summed E-state index contributed by atoms with van der Waals surface area (Å²) >= 11 is 0. The van der Waals surface area contributed by atoms with Gasteiger partial charge in [-0.15, -0.1) is 0 Å². The number of nitrogens with one attached hydrogen (secondary N) is 2. The summed E-state index contributed by atoms with van der Waals surface area (Å²) < 4.78 is 24.3. The van der Waals surface area contributed by atoms with Crippen molar-refractivity contribution < 1.29 is 8.42 Å². The Hall–Kier alpha value is -2.75. The molecule has 126 valence electrons. The minimum Gasteiger partial charge on any atom is -0.366 e. The van der Waals surface area contributed by atoms with Crippen LogP contribution in [0.2, 0.25) is 0 Å². The van der Waals surface area contributed by atoms with Crippen molar-refractivity contribution in [1.82, 2.24) is 24.3 Å². The quantitative estimate of drug-likeness (QED) is 0.669. The summed E-state index contributed by atoms with van der Waals surface area (Å²) in [5, 5.41) is 5.91. The average molecular weight is 347 g/mol. The Labute approximate surface area is 139 Å². The fraction of sp³-hybridized carbons (Fsp3) is 0.286. The standard InChI is InChI=1S/C14H17N7O2S/c1-15-14-18-4-3-10(20-14)11-9-19-13-12(16-5-7-21(11)13)17-6-8-24(2,22)23/h3-5,7,9H,6,8H2,1-2H3,(H,16,17)(H,15,18,20). The molecule has 0 aliphatic carbocycles. The predicted octanol–water partition coefficient (Wildman–Crippen LogP) is 0.684. The van der Waals surface area contributed by atoms with Crippen molar-refractivity contribution in [2.75, 3.05) is 36.2 Å². The van der Waals surface area contributed by atoms with Crippen LogP contribution in [0, 0.1) is 0 Å². The van der Waals surface area contributed by atoms with E-state index in [-0.39, 0.29) is 12.3 Å². The molecule has 3 rings (SSSR count). The fourth-order valence-electron chi connectivity index (χ4n) is 2.21. The van der Waals surface area contributed by atoms with Crippen molar-refractivity contribution in [3.05, 3.63) is 30.9 Å². The maximum Gasteiger partial charge on any atom is 0.222 e. The molecule has 3 heterocycles. The van der Waals surface area contributed by atoms with Crippen molar-refractivity contribution in [3.63, 3.8) is 0 Å². The van der Waals surface area contributed by atoms with Gasteiger partial charge >= 0.3 is 0 Å². The van der Waals surface area contributed by atoms with Crippen LogP contribution in [0.1, 0.15) is 0 Å². The van der Waals surface area contributed by atoms with Gasteiger partial charge in [0.25, 0.3) is 0 Å². The van der Waals surface area contributed by atoms with E-state index in [0.29, 0.717) is 17.4 Å².